The Morgan fingerprint density at radius 3 is 1.61 bits per heavy atom. The number of hydrogen-bond acceptors (Lipinski definition) is 5. The number of para-hydroxylation sites is 1. The van der Waals surface area contributed by atoms with Crippen LogP contribution in [0.25, 0.3) is 100 Å². The summed E-state index contributed by atoms with van der Waals surface area (Å²) in [7, 11) is 0. The largest absolute Gasteiger partial charge is 0.454 e. The van der Waals surface area contributed by atoms with E-state index in [2.05, 4.69) is 78.9 Å². The van der Waals surface area contributed by atoms with Crippen LogP contribution in [0.5, 0.6) is 0 Å². The Bertz CT molecular complexity index is 2860. The van der Waals surface area contributed by atoms with Crippen molar-refractivity contribution < 1.29 is 4.42 Å². The van der Waals surface area contributed by atoms with E-state index in [0.29, 0.717) is 17.5 Å². The van der Waals surface area contributed by atoms with Crippen molar-refractivity contribution in [2.45, 2.75) is 0 Å². The summed E-state index contributed by atoms with van der Waals surface area (Å²) in [4.78, 5) is 20.0. The van der Waals surface area contributed by atoms with Crippen molar-refractivity contribution in [3.8, 4) is 56.4 Å². The van der Waals surface area contributed by atoms with Gasteiger partial charge in [0.15, 0.2) is 23.1 Å². The Hall–Kier alpha value is -6.98. The van der Waals surface area contributed by atoms with Gasteiger partial charge in [0.2, 0.25) is 0 Å². The molecule has 0 unspecified atom stereocenters. The Morgan fingerprint density at radius 2 is 0.902 bits per heavy atom. The highest BCUT2D eigenvalue weighted by molar-refractivity contribution is 6.14. The SMILES string of the molecule is c1ccc(-c2nc(-c3ccccc3)nc(-c3cc(-c4cc5ccccc5c5ccccc45)cc(-c4ccnc5c4oc4ccccc45)c3)n2)cc1. The minimum Gasteiger partial charge on any atom is -0.454 e. The fraction of sp³-hybridized carbons (Fsp3) is 0. The minimum atomic E-state index is 0.589. The van der Waals surface area contributed by atoms with Crippen LogP contribution in [0, 0.1) is 0 Å². The van der Waals surface area contributed by atoms with Gasteiger partial charge in [-0.25, -0.2) is 15.0 Å². The Labute approximate surface area is 293 Å². The first kappa shape index (κ1) is 29.0. The minimum absolute atomic E-state index is 0.589. The summed E-state index contributed by atoms with van der Waals surface area (Å²) in [5, 5.41) is 5.78. The summed E-state index contributed by atoms with van der Waals surface area (Å²) >= 11 is 0. The summed E-state index contributed by atoms with van der Waals surface area (Å²) < 4.78 is 6.51. The molecule has 0 atom stereocenters. The van der Waals surface area contributed by atoms with Gasteiger partial charge in [-0.1, -0.05) is 121 Å². The molecule has 0 N–H and O–H groups in total. The topological polar surface area (TPSA) is 64.7 Å². The molecular formula is C46H28N4O. The van der Waals surface area contributed by atoms with Gasteiger partial charge < -0.3 is 4.42 Å². The zero-order valence-electron chi connectivity index (χ0n) is 27.4. The molecular weight excluding hydrogens is 625 g/mol. The molecule has 10 aromatic rings. The zero-order chi connectivity index (χ0) is 33.7. The molecule has 0 saturated carbocycles. The Kier molecular flexibility index (Phi) is 6.74. The number of fused-ring (bicyclic) bond motifs is 6. The highest BCUT2D eigenvalue weighted by Crippen LogP contribution is 2.41. The van der Waals surface area contributed by atoms with Gasteiger partial charge in [-0.3, -0.25) is 4.98 Å². The van der Waals surface area contributed by atoms with E-state index in [9.17, 15) is 0 Å². The maximum absolute atomic E-state index is 6.51. The van der Waals surface area contributed by atoms with Crippen molar-refractivity contribution in [1.29, 1.82) is 0 Å². The number of pyridine rings is 1. The average Bonchev–Trinajstić information content (AvgIpc) is 3.60. The van der Waals surface area contributed by atoms with Crippen LogP contribution >= 0.6 is 0 Å². The quantitative estimate of drug-likeness (QED) is 0.173. The molecule has 3 heterocycles. The van der Waals surface area contributed by atoms with Crippen LogP contribution in [0.15, 0.2) is 174 Å². The van der Waals surface area contributed by atoms with E-state index in [4.69, 9.17) is 24.4 Å². The molecule has 0 spiro atoms. The molecule has 0 bridgehead atoms. The number of nitrogens with zero attached hydrogens (tertiary/aromatic N) is 4. The highest BCUT2D eigenvalue weighted by Gasteiger charge is 2.19. The second-order valence-corrected chi connectivity index (χ2v) is 12.7. The third-order valence-electron chi connectivity index (χ3n) is 9.54. The van der Waals surface area contributed by atoms with E-state index >= 15 is 0 Å². The van der Waals surface area contributed by atoms with Crippen molar-refractivity contribution in [3.05, 3.63) is 170 Å². The van der Waals surface area contributed by atoms with Crippen LogP contribution in [0.1, 0.15) is 0 Å². The molecule has 51 heavy (non-hydrogen) atoms. The molecule has 10 rings (SSSR count). The Balaban J connectivity index is 1.28. The zero-order valence-corrected chi connectivity index (χ0v) is 27.4. The molecule has 7 aromatic carbocycles. The first-order valence-corrected chi connectivity index (χ1v) is 17.0. The molecule has 0 amide bonds. The molecule has 3 aromatic heterocycles. The number of furan rings is 1. The summed E-state index contributed by atoms with van der Waals surface area (Å²) in [5.41, 5.74) is 9.22. The van der Waals surface area contributed by atoms with Crippen LogP contribution in [-0.4, -0.2) is 19.9 Å². The van der Waals surface area contributed by atoms with E-state index < -0.39 is 0 Å². The predicted molar refractivity (Wildman–Crippen MR) is 207 cm³/mol. The molecule has 0 aliphatic carbocycles. The predicted octanol–water partition coefficient (Wildman–Crippen LogP) is 11.8. The van der Waals surface area contributed by atoms with Gasteiger partial charge in [0.25, 0.3) is 0 Å². The van der Waals surface area contributed by atoms with Crippen LogP contribution in [-0.2, 0) is 0 Å². The second-order valence-electron chi connectivity index (χ2n) is 12.7. The van der Waals surface area contributed by atoms with E-state index in [1.54, 1.807) is 0 Å². The summed E-state index contributed by atoms with van der Waals surface area (Å²) in [6.07, 6.45) is 1.86. The summed E-state index contributed by atoms with van der Waals surface area (Å²) in [6, 6.07) is 56.4. The summed E-state index contributed by atoms with van der Waals surface area (Å²) in [6.45, 7) is 0. The van der Waals surface area contributed by atoms with Gasteiger partial charge in [-0.05, 0) is 80.7 Å². The van der Waals surface area contributed by atoms with Crippen molar-refractivity contribution in [2.24, 2.45) is 0 Å². The number of hydrogen-bond donors (Lipinski definition) is 0. The normalized spacial score (nSPS) is 11.5. The highest BCUT2D eigenvalue weighted by atomic mass is 16.3. The maximum atomic E-state index is 6.51. The third kappa shape index (κ3) is 5.03. The summed E-state index contributed by atoms with van der Waals surface area (Å²) in [5.74, 6) is 1.82. The Morgan fingerprint density at radius 1 is 0.373 bits per heavy atom. The molecule has 0 aliphatic heterocycles. The standard InChI is InChI=1S/C46H28N4O/c1-3-13-29(14-4-1)44-48-45(30-15-5-2-6-16-30)50-46(49-44)34-26-32(36-23-24-47-42-39-21-11-12-22-41(39)51-43(36)42)25-33(27-34)40-28-31-17-7-8-18-35(31)37-19-9-10-20-38(37)40/h1-28H. The van der Waals surface area contributed by atoms with E-state index in [-0.39, 0.29) is 0 Å². The van der Waals surface area contributed by atoms with Gasteiger partial charge in [0.05, 0.1) is 0 Å². The molecule has 5 nitrogen and oxygen atoms in total. The molecule has 0 saturated heterocycles. The van der Waals surface area contributed by atoms with Crippen LogP contribution < -0.4 is 0 Å². The second kappa shape index (κ2) is 11.9. The molecule has 238 valence electrons. The first-order valence-electron chi connectivity index (χ1n) is 17.0. The van der Waals surface area contributed by atoms with E-state index in [0.717, 1.165) is 61.0 Å². The van der Waals surface area contributed by atoms with Crippen LogP contribution in [0.3, 0.4) is 0 Å². The fourth-order valence-electron chi connectivity index (χ4n) is 7.13. The smallest absolute Gasteiger partial charge is 0.164 e. The number of aromatic nitrogens is 4. The maximum Gasteiger partial charge on any atom is 0.164 e. The van der Waals surface area contributed by atoms with Crippen molar-refractivity contribution in [2.75, 3.05) is 0 Å². The lowest BCUT2D eigenvalue weighted by atomic mass is 9.90. The van der Waals surface area contributed by atoms with E-state index in [1.807, 2.05) is 91.1 Å². The number of rotatable bonds is 5. The van der Waals surface area contributed by atoms with Gasteiger partial charge in [0.1, 0.15) is 11.1 Å². The van der Waals surface area contributed by atoms with Gasteiger partial charge in [-0.15, -0.1) is 0 Å². The van der Waals surface area contributed by atoms with E-state index in [1.165, 1.54) is 21.5 Å². The lowest BCUT2D eigenvalue weighted by Crippen LogP contribution is -2.00. The lowest BCUT2D eigenvalue weighted by molar-refractivity contribution is 0.669. The number of benzene rings is 7. The molecule has 5 heteroatoms. The van der Waals surface area contributed by atoms with Gasteiger partial charge >= 0.3 is 0 Å². The van der Waals surface area contributed by atoms with Crippen molar-refractivity contribution in [3.63, 3.8) is 0 Å². The third-order valence-corrected chi connectivity index (χ3v) is 9.54. The molecule has 0 radical (unpaired) electrons. The lowest BCUT2D eigenvalue weighted by Gasteiger charge is -2.15. The first-order chi connectivity index (χ1) is 25.3. The average molecular weight is 653 g/mol. The monoisotopic (exact) mass is 652 g/mol. The van der Waals surface area contributed by atoms with Gasteiger partial charge in [-0.2, -0.15) is 0 Å². The fourth-order valence-corrected chi connectivity index (χ4v) is 7.13. The van der Waals surface area contributed by atoms with Gasteiger partial charge in [0, 0.05) is 33.8 Å². The van der Waals surface area contributed by atoms with Crippen LogP contribution in [0.2, 0.25) is 0 Å². The molecule has 0 fully saturated rings. The van der Waals surface area contributed by atoms with Crippen molar-refractivity contribution >= 4 is 43.6 Å². The molecule has 0 aliphatic rings. The van der Waals surface area contributed by atoms with Crippen LogP contribution in [0.4, 0.5) is 0 Å². The van der Waals surface area contributed by atoms with Crippen molar-refractivity contribution in [1.82, 2.24) is 19.9 Å².